The number of nitrogens with zero attached hydrogens (tertiary/aromatic N) is 1. The summed E-state index contributed by atoms with van der Waals surface area (Å²) in [6, 6.07) is 5.89. The molecule has 0 unspecified atom stereocenters. The van der Waals surface area contributed by atoms with Crippen molar-refractivity contribution in [3.63, 3.8) is 0 Å². The van der Waals surface area contributed by atoms with E-state index in [2.05, 4.69) is 4.98 Å². The van der Waals surface area contributed by atoms with Crippen LogP contribution in [0.15, 0.2) is 28.7 Å². The number of halogens is 1. The normalized spacial score (nSPS) is 10.4. The lowest BCUT2D eigenvalue weighted by Gasteiger charge is -1.98. The number of nitrogens with two attached hydrogens (primary N) is 1. The molecule has 0 aliphatic heterocycles. The summed E-state index contributed by atoms with van der Waals surface area (Å²) < 4.78 is 23.2. The second-order valence-electron chi connectivity index (χ2n) is 3.16. The molecule has 0 bridgehead atoms. The molecule has 0 amide bonds. The van der Waals surface area contributed by atoms with Crippen LogP contribution in [0.2, 0.25) is 0 Å². The Bertz CT molecular complexity index is 479. The van der Waals surface area contributed by atoms with Crippen LogP contribution in [0.1, 0.15) is 5.89 Å². The highest BCUT2D eigenvalue weighted by Crippen LogP contribution is 2.30. The van der Waals surface area contributed by atoms with Crippen molar-refractivity contribution in [3.8, 4) is 17.2 Å². The zero-order valence-electron chi connectivity index (χ0n) is 8.74. The van der Waals surface area contributed by atoms with Crippen molar-refractivity contribution >= 4 is 0 Å². The molecule has 1 aromatic carbocycles. The number of hydrogen-bond donors (Lipinski definition) is 1. The molecule has 5 heteroatoms. The van der Waals surface area contributed by atoms with Gasteiger partial charge in [-0.15, -0.1) is 0 Å². The molecule has 2 aromatic rings. The number of rotatable bonds is 3. The molecule has 0 aliphatic carbocycles. The van der Waals surface area contributed by atoms with Crippen molar-refractivity contribution in [1.82, 2.24) is 4.98 Å². The molecular weight excluding hydrogens is 211 g/mol. The van der Waals surface area contributed by atoms with Crippen LogP contribution in [0.3, 0.4) is 0 Å². The van der Waals surface area contributed by atoms with Crippen LogP contribution in [-0.2, 0) is 6.54 Å². The summed E-state index contributed by atoms with van der Waals surface area (Å²) in [4.78, 5) is 4.04. The van der Waals surface area contributed by atoms with Gasteiger partial charge in [-0.1, -0.05) is 0 Å². The summed E-state index contributed by atoms with van der Waals surface area (Å²) in [5, 5.41) is 0. The van der Waals surface area contributed by atoms with Crippen LogP contribution >= 0.6 is 0 Å². The van der Waals surface area contributed by atoms with Crippen molar-refractivity contribution in [1.29, 1.82) is 0 Å². The lowest BCUT2D eigenvalue weighted by molar-refractivity contribution is 0.398. The lowest BCUT2D eigenvalue weighted by Crippen LogP contribution is -1.95. The third-order valence-corrected chi connectivity index (χ3v) is 2.11. The molecule has 2 N–H and O–H groups in total. The van der Waals surface area contributed by atoms with Gasteiger partial charge in [-0.3, -0.25) is 0 Å². The van der Waals surface area contributed by atoms with E-state index < -0.39 is 0 Å². The van der Waals surface area contributed by atoms with Gasteiger partial charge < -0.3 is 14.9 Å². The van der Waals surface area contributed by atoms with Crippen molar-refractivity contribution in [2.75, 3.05) is 7.11 Å². The zero-order valence-corrected chi connectivity index (χ0v) is 8.74. The van der Waals surface area contributed by atoms with Crippen molar-refractivity contribution in [3.05, 3.63) is 36.0 Å². The van der Waals surface area contributed by atoms with E-state index in [4.69, 9.17) is 14.9 Å². The van der Waals surface area contributed by atoms with Crippen molar-refractivity contribution in [2.24, 2.45) is 5.73 Å². The van der Waals surface area contributed by atoms with Gasteiger partial charge in [0.25, 0.3) is 5.88 Å². The summed E-state index contributed by atoms with van der Waals surface area (Å²) in [6.07, 6.45) is 0. The molecule has 0 aliphatic rings. The number of aromatic nitrogens is 1. The maximum Gasteiger partial charge on any atom is 0.261 e. The quantitative estimate of drug-likeness (QED) is 0.862. The number of ether oxygens (including phenoxy) is 1. The fourth-order valence-electron chi connectivity index (χ4n) is 1.36. The maximum absolute atomic E-state index is 12.8. The van der Waals surface area contributed by atoms with Crippen LogP contribution in [0.4, 0.5) is 4.39 Å². The van der Waals surface area contributed by atoms with Gasteiger partial charge in [0.15, 0.2) is 5.76 Å². The van der Waals surface area contributed by atoms with Crippen molar-refractivity contribution in [2.45, 2.75) is 6.54 Å². The minimum Gasteiger partial charge on any atom is -0.478 e. The third kappa shape index (κ3) is 1.90. The molecule has 2 rings (SSSR count). The Hall–Kier alpha value is -1.88. The Morgan fingerprint density at radius 1 is 1.38 bits per heavy atom. The van der Waals surface area contributed by atoms with Gasteiger partial charge in [-0.05, 0) is 24.3 Å². The second kappa shape index (κ2) is 4.32. The van der Waals surface area contributed by atoms with Crippen molar-refractivity contribution < 1.29 is 13.5 Å². The SMILES string of the molecule is COc1nc(CN)oc1-c1ccc(F)cc1. The van der Waals surface area contributed by atoms with E-state index in [9.17, 15) is 4.39 Å². The lowest BCUT2D eigenvalue weighted by atomic mass is 10.2. The molecule has 0 fully saturated rings. The molecule has 1 aromatic heterocycles. The van der Waals surface area contributed by atoms with Crippen LogP contribution in [0.25, 0.3) is 11.3 Å². The minimum absolute atomic E-state index is 0.192. The smallest absolute Gasteiger partial charge is 0.261 e. The van der Waals surface area contributed by atoms with Crippen LogP contribution in [0, 0.1) is 5.82 Å². The average Bonchev–Trinajstić information content (AvgIpc) is 2.73. The van der Waals surface area contributed by atoms with E-state index in [1.54, 1.807) is 12.1 Å². The molecule has 0 spiro atoms. The van der Waals surface area contributed by atoms with E-state index in [1.807, 2.05) is 0 Å². The van der Waals surface area contributed by atoms with E-state index in [1.165, 1.54) is 19.2 Å². The fourth-order valence-corrected chi connectivity index (χ4v) is 1.36. The van der Waals surface area contributed by atoms with Gasteiger partial charge in [0, 0.05) is 5.56 Å². The minimum atomic E-state index is -0.304. The van der Waals surface area contributed by atoms with Gasteiger partial charge in [0.2, 0.25) is 5.89 Å². The molecule has 0 saturated carbocycles. The molecule has 1 heterocycles. The molecular formula is C11H11FN2O2. The number of methoxy groups -OCH3 is 1. The van der Waals surface area contributed by atoms with Crippen LogP contribution in [0.5, 0.6) is 5.88 Å². The largest absolute Gasteiger partial charge is 0.478 e. The molecule has 84 valence electrons. The average molecular weight is 222 g/mol. The Balaban J connectivity index is 2.45. The summed E-state index contributed by atoms with van der Waals surface area (Å²) >= 11 is 0. The van der Waals surface area contributed by atoms with E-state index in [0.29, 0.717) is 23.1 Å². The first-order valence-corrected chi connectivity index (χ1v) is 4.74. The molecule has 0 radical (unpaired) electrons. The van der Waals surface area contributed by atoms with Gasteiger partial charge >= 0.3 is 0 Å². The Kier molecular flexibility index (Phi) is 2.87. The standard InChI is InChI=1S/C11H11FN2O2/c1-15-11-10(16-9(6-13)14-11)7-2-4-8(12)5-3-7/h2-5H,6,13H2,1H3. The van der Waals surface area contributed by atoms with E-state index >= 15 is 0 Å². The molecule has 0 saturated heterocycles. The van der Waals surface area contributed by atoms with Gasteiger partial charge in [0.05, 0.1) is 13.7 Å². The second-order valence-corrected chi connectivity index (χ2v) is 3.16. The highest BCUT2D eigenvalue weighted by molar-refractivity contribution is 5.62. The first kappa shape index (κ1) is 10.6. The molecule has 0 atom stereocenters. The number of benzene rings is 1. The van der Waals surface area contributed by atoms with Gasteiger partial charge in [-0.2, -0.15) is 4.98 Å². The predicted molar refractivity (Wildman–Crippen MR) is 56.3 cm³/mol. The Labute approximate surface area is 91.9 Å². The van der Waals surface area contributed by atoms with E-state index in [0.717, 1.165) is 0 Å². The van der Waals surface area contributed by atoms with Crippen LogP contribution in [-0.4, -0.2) is 12.1 Å². The van der Waals surface area contributed by atoms with Crippen LogP contribution < -0.4 is 10.5 Å². The summed E-state index contributed by atoms with van der Waals surface area (Å²) in [7, 11) is 1.49. The fraction of sp³-hybridized carbons (Fsp3) is 0.182. The Morgan fingerprint density at radius 3 is 2.62 bits per heavy atom. The summed E-state index contributed by atoms with van der Waals surface area (Å²) in [6.45, 7) is 0.192. The molecule has 4 nitrogen and oxygen atoms in total. The first-order valence-electron chi connectivity index (χ1n) is 4.74. The highest BCUT2D eigenvalue weighted by Gasteiger charge is 2.14. The van der Waals surface area contributed by atoms with Gasteiger partial charge in [-0.25, -0.2) is 4.39 Å². The molecule has 16 heavy (non-hydrogen) atoms. The summed E-state index contributed by atoms with van der Waals surface area (Å²) in [5.74, 6) is 0.896. The third-order valence-electron chi connectivity index (χ3n) is 2.11. The first-order chi connectivity index (χ1) is 7.74. The van der Waals surface area contributed by atoms with E-state index in [-0.39, 0.29) is 12.4 Å². The number of hydrogen-bond acceptors (Lipinski definition) is 4. The predicted octanol–water partition coefficient (Wildman–Crippen LogP) is 1.95. The summed E-state index contributed by atoms with van der Waals surface area (Å²) in [5.41, 5.74) is 6.12. The zero-order chi connectivity index (χ0) is 11.5. The van der Waals surface area contributed by atoms with Gasteiger partial charge in [0.1, 0.15) is 5.82 Å². The highest BCUT2D eigenvalue weighted by atomic mass is 19.1. The topological polar surface area (TPSA) is 61.3 Å². The monoisotopic (exact) mass is 222 g/mol. The number of oxazole rings is 1. The maximum atomic E-state index is 12.8. The Morgan fingerprint density at radius 2 is 2.06 bits per heavy atom.